The van der Waals surface area contributed by atoms with E-state index in [-0.39, 0.29) is 12.4 Å². The molecule has 0 amide bonds. The number of hydrogen-bond acceptors (Lipinski definition) is 3. The number of nitrogens with one attached hydrogen (secondary N) is 1. The molecule has 0 aromatic heterocycles. The molecule has 2 aromatic carbocycles. The lowest BCUT2D eigenvalue weighted by molar-refractivity contribution is 0.280. The summed E-state index contributed by atoms with van der Waals surface area (Å²) in [5.74, 6) is 2.25. The third-order valence-electron chi connectivity index (χ3n) is 3.79. The maximum atomic E-state index is 6.06. The molecule has 2 rings (SSSR count). The van der Waals surface area contributed by atoms with E-state index in [9.17, 15) is 0 Å². The Morgan fingerprint density at radius 2 is 1.80 bits per heavy atom. The van der Waals surface area contributed by atoms with Gasteiger partial charge in [0.25, 0.3) is 0 Å². The smallest absolute Gasteiger partial charge is 0.166 e. The lowest BCUT2D eigenvalue weighted by Gasteiger charge is -2.16. The van der Waals surface area contributed by atoms with Crippen LogP contribution < -0.4 is 14.8 Å². The van der Waals surface area contributed by atoms with Crippen LogP contribution in [0.1, 0.15) is 31.4 Å². The Kier molecular flexibility index (Phi) is 9.73. The summed E-state index contributed by atoms with van der Waals surface area (Å²) in [6.45, 7) is 6.70. The molecule has 3 nitrogen and oxygen atoms in total. The van der Waals surface area contributed by atoms with Crippen molar-refractivity contribution in [2.75, 3.05) is 13.7 Å². The molecule has 0 aliphatic heterocycles. The normalized spacial score (nSPS) is 10.4. The van der Waals surface area contributed by atoms with E-state index in [1.807, 2.05) is 36.4 Å². The van der Waals surface area contributed by atoms with Gasteiger partial charge >= 0.3 is 0 Å². The molecule has 0 unspecified atom stereocenters. The van der Waals surface area contributed by atoms with E-state index in [4.69, 9.17) is 21.1 Å². The molecule has 0 spiro atoms. The number of benzene rings is 2. The summed E-state index contributed by atoms with van der Waals surface area (Å²) in [4.78, 5) is 0. The maximum absolute atomic E-state index is 6.06. The molecule has 138 valence electrons. The summed E-state index contributed by atoms with van der Waals surface area (Å²) in [7, 11) is 1.67. The van der Waals surface area contributed by atoms with E-state index in [2.05, 4.69) is 25.2 Å². The highest BCUT2D eigenvalue weighted by Crippen LogP contribution is 2.32. The highest BCUT2D eigenvalue weighted by Gasteiger charge is 2.11. The van der Waals surface area contributed by atoms with E-state index >= 15 is 0 Å². The number of methoxy groups -OCH3 is 1. The van der Waals surface area contributed by atoms with Crippen molar-refractivity contribution in [2.45, 2.75) is 33.4 Å². The Labute approximate surface area is 162 Å². The minimum atomic E-state index is 0. The minimum absolute atomic E-state index is 0. The van der Waals surface area contributed by atoms with Gasteiger partial charge in [-0.15, -0.1) is 12.4 Å². The van der Waals surface area contributed by atoms with Gasteiger partial charge in [0, 0.05) is 17.1 Å². The fraction of sp³-hybridized carbons (Fsp3) is 0.400. The van der Waals surface area contributed by atoms with Crippen molar-refractivity contribution in [3.63, 3.8) is 0 Å². The lowest BCUT2D eigenvalue weighted by Crippen LogP contribution is -2.17. The Morgan fingerprint density at radius 1 is 1.08 bits per heavy atom. The molecule has 5 heteroatoms. The first-order chi connectivity index (χ1) is 11.6. The molecular formula is C20H27Cl2NO2. The Hall–Kier alpha value is -1.42. The van der Waals surface area contributed by atoms with Crippen molar-refractivity contribution in [1.82, 2.24) is 5.32 Å². The zero-order valence-electron chi connectivity index (χ0n) is 15.0. The van der Waals surface area contributed by atoms with Gasteiger partial charge in [-0.05, 0) is 42.6 Å². The number of hydrogen-bond donors (Lipinski definition) is 1. The van der Waals surface area contributed by atoms with Crippen LogP contribution in [0.25, 0.3) is 0 Å². The van der Waals surface area contributed by atoms with Gasteiger partial charge in [-0.2, -0.15) is 0 Å². The quantitative estimate of drug-likeness (QED) is 0.581. The second kappa shape index (κ2) is 11.2. The van der Waals surface area contributed by atoms with Gasteiger partial charge in [-0.3, -0.25) is 0 Å². The molecule has 0 aliphatic rings. The number of rotatable bonds is 9. The molecule has 0 saturated carbocycles. The van der Waals surface area contributed by atoms with Crippen molar-refractivity contribution >= 4 is 24.0 Å². The zero-order valence-corrected chi connectivity index (χ0v) is 16.6. The van der Waals surface area contributed by atoms with Crippen LogP contribution in [0.15, 0.2) is 42.5 Å². The highest BCUT2D eigenvalue weighted by atomic mass is 35.5. The highest BCUT2D eigenvalue weighted by molar-refractivity contribution is 6.30. The van der Waals surface area contributed by atoms with Gasteiger partial charge in [-0.1, -0.05) is 49.7 Å². The third kappa shape index (κ3) is 7.15. The van der Waals surface area contributed by atoms with Gasteiger partial charge in [0.05, 0.1) is 7.11 Å². The van der Waals surface area contributed by atoms with Crippen molar-refractivity contribution in [2.24, 2.45) is 5.92 Å². The average molecular weight is 384 g/mol. The van der Waals surface area contributed by atoms with Crippen LogP contribution in [0.2, 0.25) is 5.02 Å². The van der Waals surface area contributed by atoms with Gasteiger partial charge in [-0.25, -0.2) is 0 Å². The second-order valence-electron chi connectivity index (χ2n) is 6.22. The Bertz CT molecular complexity index is 630. The Morgan fingerprint density at radius 3 is 2.44 bits per heavy atom. The fourth-order valence-electron chi connectivity index (χ4n) is 2.37. The van der Waals surface area contributed by atoms with Crippen LogP contribution in [0.4, 0.5) is 0 Å². The molecule has 0 saturated heterocycles. The predicted molar refractivity (Wildman–Crippen MR) is 107 cm³/mol. The lowest BCUT2D eigenvalue weighted by atomic mass is 10.1. The van der Waals surface area contributed by atoms with Crippen LogP contribution in [-0.4, -0.2) is 13.7 Å². The molecule has 0 atom stereocenters. The third-order valence-corrected chi connectivity index (χ3v) is 4.04. The van der Waals surface area contributed by atoms with Gasteiger partial charge in [0.1, 0.15) is 6.61 Å². The molecule has 0 bridgehead atoms. The monoisotopic (exact) mass is 383 g/mol. The van der Waals surface area contributed by atoms with Crippen LogP contribution in [-0.2, 0) is 13.2 Å². The maximum Gasteiger partial charge on any atom is 0.166 e. The largest absolute Gasteiger partial charge is 0.493 e. The molecule has 1 N–H and O–H groups in total. The van der Waals surface area contributed by atoms with Crippen molar-refractivity contribution < 1.29 is 9.47 Å². The summed E-state index contributed by atoms with van der Waals surface area (Å²) < 4.78 is 11.5. The molecule has 0 heterocycles. The van der Waals surface area contributed by atoms with E-state index in [1.165, 1.54) is 0 Å². The topological polar surface area (TPSA) is 30.5 Å². The summed E-state index contributed by atoms with van der Waals surface area (Å²) in [5, 5.41) is 4.21. The van der Waals surface area contributed by atoms with Crippen molar-refractivity contribution in [1.29, 1.82) is 0 Å². The van der Waals surface area contributed by atoms with Crippen LogP contribution in [0, 0.1) is 5.92 Å². The van der Waals surface area contributed by atoms with Crippen molar-refractivity contribution in [3.8, 4) is 11.5 Å². The van der Waals surface area contributed by atoms with Crippen LogP contribution in [0.5, 0.6) is 11.5 Å². The number of para-hydroxylation sites is 1. The number of ether oxygens (including phenoxy) is 2. The molecule has 0 fully saturated rings. The Balaban J connectivity index is 0.00000312. The van der Waals surface area contributed by atoms with E-state index < -0.39 is 0 Å². The molecule has 0 aliphatic carbocycles. The molecule has 0 radical (unpaired) electrons. The zero-order chi connectivity index (χ0) is 17.4. The SMILES string of the molecule is COc1cccc(CNCCC(C)C)c1OCc1ccc(Cl)cc1.Cl. The fourth-order valence-corrected chi connectivity index (χ4v) is 2.50. The first-order valence-electron chi connectivity index (χ1n) is 8.34. The van der Waals surface area contributed by atoms with Gasteiger partial charge < -0.3 is 14.8 Å². The summed E-state index contributed by atoms with van der Waals surface area (Å²) in [6, 6.07) is 13.7. The summed E-state index contributed by atoms with van der Waals surface area (Å²) in [5.41, 5.74) is 2.18. The van der Waals surface area contributed by atoms with E-state index in [1.54, 1.807) is 7.11 Å². The van der Waals surface area contributed by atoms with Gasteiger partial charge in [0.15, 0.2) is 11.5 Å². The van der Waals surface area contributed by atoms with Crippen LogP contribution >= 0.6 is 24.0 Å². The predicted octanol–water partition coefficient (Wildman–Crippen LogP) is 5.49. The number of halogens is 2. The van der Waals surface area contributed by atoms with E-state index in [0.717, 1.165) is 47.2 Å². The average Bonchev–Trinajstić information content (AvgIpc) is 2.58. The first-order valence-corrected chi connectivity index (χ1v) is 8.71. The molecule has 2 aromatic rings. The second-order valence-corrected chi connectivity index (χ2v) is 6.66. The van der Waals surface area contributed by atoms with E-state index in [0.29, 0.717) is 12.5 Å². The van der Waals surface area contributed by atoms with Crippen molar-refractivity contribution in [3.05, 3.63) is 58.6 Å². The van der Waals surface area contributed by atoms with Gasteiger partial charge in [0.2, 0.25) is 0 Å². The molecule has 25 heavy (non-hydrogen) atoms. The van der Waals surface area contributed by atoms with Crippen LogP contribution in [0.3, 0.4) is 0 Å². The summed E-state index contributed by atoms with van der Waals surface area (Å²) in [6.07, 6.45) is 1.16. The summed E-state index contributed by atoms with van der Waals surface area (Å²) >= 11 is 5.93. The minimum Gasteiger partial charge on any atom is -0.493 e. The standard InChI is InChI=1S/C20H26ClNO2.ClH/c1-15(2)11-12-22-13-17-5-4-6-19(23-3)20(17)24-14-16-7-9-18(21)10-8-16;/h4-10,15,22H,11-14H2,1-3H3;1H. The first kappa shape index (κ1) is 21.6. The molecular weight excluding hydrogens is 357 g/mol.